The van der Waals surface area contributed by atoms with Crippen LogP contribution in [0.25, 0.3) is 0 Å². The molecule has 2 aromatic rings. The molecule has 146 valence electrons. The van der Waals surface area contributed by atoms with E-state index in [1.54, 1.807) is 0 Å². The number of carbonyl (C=O) groups is 1. The number of benzene rings is 2. The summed E-state index contributed by atoms with van der Waals surface area (Å²) in [6.07, 6.45) is 6.50. The number of fused-ring (bicyclic) bond motifs is 3. The van der Waals surface area contributed by atoms with Gasteiger partial charge in [-0.2, -0.15) is 0 Å². The van der Waals surface area contributed by atoms with E-state index < -0.39 is 0 Å². The van der Waals surface area contributed by atoms with Gasteiger partial charge in [-0.25, -0.2) is 4.79 Å². The molecular formula is C25H29NO2. The molecule has 3 heteroatoms. The molecule has 0 aromatic heterocycles. The van der Waals surface area contributed by atoms with Crippen molar-refractivity contribution in [3.8, 4) is 0 Å². The molecule has 0 fully saturated rings. The van der Waals surface area contributed by atoms with Crippen LogP contribution >= 0.6 is 0 Å². The van der Waals surface area contributed by atoms with Crippen LogP contribution in [0.5, 0.6) is 0 Å². The van der Waals surface area contributed by atoms with Crippen molar-refractivity contribution in [1.82, 2.24) is 0 Å². The molecular weight excluding hydrogens is 346 g/mol. The number of aryl methyl sites for hydroxylation is 3. The largest absolute Gasteiger partial charge is 0.462 e. The van der Waals surface area contributed by atoms with Crippen LogP contribution in [0, 0.1) is 26.7 Å². The Labute approximate surface area is 167 Å². The number of hydrogen-bond acceptors (Lipinski definition) is 3. The maximum absolute atomic E-state index is 12.3. The topological polar surface area (TPSA) is 38.3 Å². The minimum atomic E-state index is -0.226. The van der Waals surface area contributed by atoms with E-state index in [9.17, 15) is 4.79 Å². The highest BCUT2D eigenvalue weighted by Crippen LogP contribution is 2.51. The van der Waals surface area contributed by atoms with Gasteiger partial charge in [0, 0.05) is 11.6 Å². The van der Waals surface area contributed by atoms with Gasteiger partial charge in [0.1, 0.15) is 0 Å². The molecule has 0 saturated heterocycles. The van der Waals surface area contributed by atoms with E-state index in [1.807, 2.05) is 25.1 Å². The number of ether oxygens (including phenoxy) is 1. The number of hydrogen-bond donors (Lipinski definition) is 1. The highest BCUT2D eigenvalue weighted by molar-refractivity contribution is 5.90. The van der Waals surface area contributed by atoms with Crippen molar-refractivity contribution >= 4 is 11.7 Å². The summed E-state index contributed by atoms with van der Waals surface area (Å²) >= 11 is 0. The second-order valence-electron chi connectivity index (χ2n) is 8.23. The first kappa shape index (κ1) is 18.8. The molecule has 0 radical (unpaired) electrons. The fourth-order valence-corrected chi connectivity index (χ4v) is 4.97. The molecule has 0 saturated carbocycles. The quantitative estimate of drug-likeness (QED) is 0.526. The average Bonchev–Trinajstić information content (AvgIpc) is 3.15. The molecule has 3 nitrogen and oxygen atoms in total. The lowest BCUT2D eigenvalue weighted by atomic mass is 9.75. The zero-order valence-electron chi connectivity index (χ0n) is 17.2. The molecule has 1 aliphatic carbocycles. The van der Waals surface area contributed by atoms with Crippen LogP contribution in [-0.2, 0) is 4.74 Å². The lowest BCUT2D eigenvalue weighted by molar-refractivity contribution is 0.0505. The Hall–Kier alpha value is -2.55. The van der Waals surface area contributed by atoms with E-state index in [1.165, 1.54) is 27.8 Å². The molecule has 28 heavy (non-hydrogen) atoms. The van der Waals surface area contributed by atoms with Gasteiger partial charge in [-0.05, 0) is 80.0 Å². The third kappa shape index (κ3) is 3.23. The standard InChI is InChI=1S/C25H29NO2/c1-5-11-28-25(27)18-9-10-22-21(14-18)19-7-6-8-20(19)24(26-22)23-16(3)12-15(2)13-17(23)4/h6-7,9-10,12-14,19-20,24,26H,5,8,11H2,1-4H3. The summed E-state index contributed by atoms with van der Waals surface area (Å²) < 4.78 is 5.34. The molecule has 3 atom stereocenters. The number of anilines is 1. The highest BCUT2D eigenvalue weighted by atomic mass is 16.5. The Balaban J connectivity index is 1.72. The maximum Gasteiger partial charge on any atom is 0.338 e. The summed E-state index contributed by atoms with van der Waals surface area (Å²) in [7, 11) is 0. The molecule has 4 rings (SSSR count). The summed E-state index contributed by atoms with van der Waals surface area (Å²) in [6.45, 7) is 9.07. The van der Waals surface area contributed by atoms with Crippen LogP contribution in [0.1, 0.15) is 69.9 Å². The van der Waals surface area contributed by atoms with Gasteiger partial charge < -0.3 is 10.1 Å². The van der Waals surface area contributed by atoms with E-state index in [-0.39, 0.29) is 12.0 Å². The van der Waals surface area contributed by atoms with Crippen molar-refractivity contribution in [2.75, 3.05) is 11.9 Å². The molecule has 1 aliphatic heterocycles. The van der Waals surface area contributed by atoms with E-state index >= 15 is 0 Å². The van der Waals surface area contributed by atoms with Gasteiger partial charge in [0.15, 0.2) is 0 Å². The van der Waals surface area contributed by atoms with Crippen LogP contribution in [0.3, 0.4) is 0 Å². The Morgan fingerprint density at radius 2 is 1.89 bits per heavy atom. The fraction of sp³-hybridized carbons (Fsp3) is 0.400. The predicted octanol–water partition coefficient (Wildman–Crippen LogP) is 6.01. The van der Waals surface area contributed by atoms with Crippen molar-refractivity contribution in [1.29, 1.82) is 0 Å². The number of rotatable bonds is 4. The lowest BCUT2D eigenvalue weighted by Gasteiger charge is -2.39. The first-order valence-electron chi connectivity index (χ1n) is 10.3. The van der Waals surface area contributed by atoms with Crippen LogP contribution in [0.4, 0.5) is 5.69 Å². The molecule has 0 amide bonds. The van der Waals surface area contributed by atoms with E-state index in [0.29, 0.717) is 24.0 Å². The fourth-order valence-electron chi connectivity index (χ4n) is 4.97. The van der Waals surface area contributed by atoms with Crippen molar-refractivity contribution in [2.45, 2.75) is 52.5 Å². The Morgan fingerprint density at radius 1 is 1.14 bits per heavy atom. The monoisotopic (exact) mass is 375 g/mol. The van der Waals surface area contributed by atoms with Crippen molar-refractivity contribution in [3.05, 3.63) is 75.9 Å². The Kier molecular flexibility index (Phi) is 5.01. The zero-order valence-corrected chi connectivity index (χ0v) is 17.2. The van der Waals surface area contributed by atoms with E-state index in [4.69, 9.17) is 4.74 Å². The van der Waals surface area contributed by atoms with Gasteiger partial charge >= 0.3 is 5.97 Å². The molecule has 1 N–H and O–H groups in total. The zero-order chi connectivity index (χ0) is 19.8. The van der Waals surface area contributed by atoms with E-state index in [2.05, 4.69) is 50.4 Å². The lowest BCUT2D eigenvalue weighted by Crippen LogP contribution is -2.30. The summed E-state index contributed by atoms with van der Waals surface area (Å²) in [5, 5.41) is 3.80. The number of allylic oxidation sites excluding steroid dienone is 2. The van der Waals surface area contributed by atoms with Crippen LogP contribution < -0.4 is 5.32 Å². The van der Waals surface area contributed by atoms with Crippen LogP contribution in [-0.4, -0.2) is 12.6 Å². The summed E-state index contributed by atoms with van der Waals surface area (Å²) in [4.78, 5) is 12.3. The average molecular weight is 376 g/mol. The summed E-state index contributed by atoms with van der Waals surface area (Å²) in [5.74, 6) is 0.574. The molecule has 0 bridgehead atoms. The molecule has 3 unspecified atom stereocenters. The van der Waals surface area contributed by atoms with Crippen LogP contribution in [0.2, 0.25) is 0 Å². The van der Waals surface area contributed by atoms with Crippen molar-refractivity contribution in [2.24, 2.45) is 5.92 Å². The minimum Gasteiger partial charge on any atom is -0.462 e. The first-order valence-corrected chi connectivity index (χ1v) is 10.3. The third-order valence-corrected chi connectivity index (χ3v) is 6.08. The minimum absolute atomic E-state index is 0.226. The molecule has 1 heterocycles. The summed E-state index contributed by atoms with van der Waals surface area (Å²) in [6, 6.07) is 10.8. The highest BCUT2D eigenvalue weighted by Gasteiger charge is 2.39. The molecule has 2 aromatic carbocycles. The van der Waals surface area contributed by atoms with Crippen molar-refractivity contribution < 1.29 is 9.53 Å². The number of carbonyl (C=O) groups excluding carboxylic acids is 1. The molecule has 0 spiro atoms. The van der Waals surface area contributed by atoms with Gasteiger partial charge in [-0.15, -0.1) is 0 Å². The predicted molar refractivity (Wildman–Crippen MR) is 114 cm³/mol. The third-order valence-electron chi connectivity index (χ3n) is 6.08. The maximum atomic E-state index is 12.3. The summed E-state index contributed by atoms with van der Waals surface area (Å²) in [5.41, 5.74) is 8.42. The molecule has 2 aliphatic rings. The van der Waals surface area contributed by atoms with Crippen LogP contribution in [0.15, 0.2) is 42.5 Å². The van der Waals surface area contributed by atoms with Gasteiger partial charge in [-0.1, -0.05) is 36.8 Å². The van der Waals surface area contributed by atoms with Gasteiger partial charge in [0.25, 0.3) is 0 Å². The Morgan fingerprint density at radius 3 is 2.61 bits per heavy atom. The SMILES string of the molecule is CCCOC(=O)c1ccc2c(c1)C1C=CCC1C(c1c(C)cc(C)cc1C)N2. The number of nitrogens with one attached hydrogen (secondary N) is 1. The van der Waals surface area contributed by atoms with Gasteiger partial charge in [0.2, 0.25) is 0 Å². The second kappa shape index (κ2) is 7.46. The first-order chi connectivity index (χ1) is 13.5. The normalized spacial score (nSPS) is 22.4. The van der Waals surface area contributed by atoms with E-state index in [0.717, 1.165) is 18.5 Å². The Bertz CT molecular complexity index is 921. The number of esters is 1. The van der Waals surface area contributed by atoms with Crippen molar-refractivity contribution in [3.63, 3.8) is 0 Å². The van der Waals surface area contributed by atoms with Gasteiger partial charge in [0.05, 0.1) is 18.2 Å². The van der Waals surface area contributed by atoms with Gasteiger partial charge in [-0.3, -0.25) is 0 Å². The smallest absolute Gasteiger partial charge is 0.338 e. The second-order valence-corrected chi connectivity index (χ2v) is 8.23.